The Bertz CT molecular complexity index is 1060. The number of allylic oxidation sites excluding steroid dienone is 2. The van der Waals surface area contributed by atoms with Crippen molar-refractivity contribution < 1.29 is 9.59 Å². The maximum absolute atomic E-state index is 12.8. The predicted octanol–water partition coefficient (Wildman–Crippen LogP) is 4.10. The molecule has 5 N–H and O–H groups in total. The average molecular weight is 489 g/mol. The molecule has 0 spiro atoms. The molecule has 30 heavy (non-hydrogen) atoms. The molecule has 0 saturated heterocycles. The minimum atomic E-state index is -0.495. The second-order valence-corrected chi connectivity index (χ2v) is 7.43. The molecule has 0 atom stereocenters. The van der Waals surface area contributed by atoms with E-state index in [1.165, 1.54) is 19.2 Å². The lowest BCUT2D eigenvalue weighted by Crippen LogP contribution is -2.30. The van der Waals surface area contributed by atoms with Gasteiger partial charge in [-0.3, -0.25) is 20.0 Å². The van der Waals surface area contributed by atoms with Crippen LogP contribution < -0.4 is 16.4 Å². The summed E-state index contributed by atoms with van der Waals surface area (Å²) in [5.74, 6) is -0.714. The number of benzene rings is 2. The van der Waals surface area contributed by atoms with Gasteiger partial charge in [-0.1, -0.05) is 46.2 Å². The minimum Gasteiger partial charge on any atom is -0.384 e. The molecule has 2 amide bonds. The number of anilines is 1. The summed E-state index contributed by atoms with van der Waals surface area (Å²) in [6, 6.07) is 10.8. The summed E-state index contributed by atoms with van der Waals surface area (Å²) in [4.78, 5) is 29.4. The molecule has 0 heterocycles. The number of amides is 2. The highest BCUT2D eigenvalue weighted by molar-refractivity contribution is 9.11. The molecule has 7 nitrogen and oxygen atoms in total. The number of carbonyl (C=O) groups is 2. The molecule has 0 aliphatic rings. The van der Waals surface area contributed by atoms with E-state index in [9.17, 15) is 9.59 Å². The van der Waals surface area contributed by atoms with Gasteiger partial charge in [0.1, 0.15) is 11.7 Å². The monoisotopic (exact) mass is 487 g/mol. The first kappa shape index (κ1) is 23.1. The van der Waals surface area contributed by atoms with Crippen molar-refractivity contribution in [3.05, 3.63) is 87.4 Å². The number of nitrogens with two attached hydrogens (primary N) is 1. The van der Waals surface area contributed by atoms with Gasteiger partial charge in [0.05, 0.1) is 11.3 Å². The molecular formula is C21H19BrClN5O2. The van der Waals surface area contributed by atoms with Crippen LogP contribution in [0.2, 0.25) is 5.02 Å². The summed E-state index contributed by atoms with van der Waals surface area (Å²) >= 11 is 9.24. The quantitative estimate of drug-likeness (QED) is 0.278. The number of halogens is 2. The zero-order valence-corrected chi connectivity index (χ0v) is 18.3. The van der Waals surface area contributed by atoms with Gasteiger partial charge in [0, 0.05) is 27.7 Å². The van der Waals surface area contributed by atoms with Crippen molar-refractivity contribution in [2.24, 2.45) is 10.7 Å². The Morgan fingerprint density at radius 2 is 1.77 bits per heavy atom. The van der Waals surface area contributed by atoms with E-state index in [-0.39, 0.29) is 17.1 Å². The van der Waals surface area contributed by atoms with Crippen molar-refractivity contribution in [2.45, 2.75) is 0 Å². The van der Waals surface area contributed by atoms with Crippen LogP contribution in [-0.4, -0.2) is 30.5 Å². The lowest BCUT2D eigenvalue weighted by atomic mass is 10.1. The Labute approximate surface area is 187 Å². The number of hydrogen-bond donors (Lipinski definition) is 4. The Morgan fingerprint density at radius 1 is 1.13 bits per heavy atom. The lowest BCUT2D eigenvalue weighted by molar-refractivity contribution is 0.0978. The van der Waals surface area contributed by atoms with E-state index in [1.54, 1.807) is 42.5 Å². The van der Waals surface area contributed by atoms with Crippen LogP contribution in [0.4, 0.5) is 5.69 Å². The first-order valence-electron chi connectivity index (χ1n) is 8.57. The van der Waals surface area contributed by atoms with E-state index in [4.69, 9.17) is 22.7 Å². The van der Waals surface area contributed by atoms with Gasteiger partial charge in [-0.05, 0) is 42.5 Å². The Balaban J connectivity index is 2.25. The number of nitrogen functional groups attached to an aromatic ring is 1. The summed E-state index contributed by atoms with van der Waals surface area (Å²) in [5, 5.41) is 13.1. The standard InChI is InChI=1S/C21H19BrClN5O2/c1-12(22)3-10-18(26-2)28-21(30)16-11-15(23)8-9-17(16)27-20(29)14-6-4-13(5-7-14)19(24)25/h3-11H,1H2,2H3,(H3,24,25)(H,27,29)(H,26,28,30)/b10-3-. The molecule has 2 aromatic carbocycles. The molecule has 0 aliphatic carbocycles. The van der Waals surface area contributed by atoms with Gasteiger partial charge in [-0.25, -0.2) is 0 Å². The smallest absolute Gasteiger partial charge is 0.258 e. The first-order valence-corrected chi connectivity index (χ1v) is 9.74. The molecule has 0 aliphatic heterocycles. The number of hydrogen-bond acceptors (Lipinski definition) is 4. The second kappa shape index (κ2) is 10.5. The normalized spacial score (nSPS) is 11.2. The van der Waals surface area contributed by atoms with Crippen LogP contribution in [0.15, 0.2) is 70.7 Å². The highest BCUT2D eigenvalue weighted by Crippen LogP contribution is 2.22. The lowest BCUT2D eigenvalue weighted by Gasteiger charge is -2.12. The zero-order valence-electron chi connectivity index (χ0n) is 16.0. The molecule has 0 unspecified atom stereocenters. The molecule has 0 aromatic heterocycles. The number of nitrogens with one attached hydrogen (secondary N) is 3. The van der Waals surface area contributed by atoms with Gasteiger partial charge in [0.15, 0.2) is 0 Å². The molecular weight excluding hydrogens is 470 g/mol. The third-order valence-electron chi connectivity index (χ3n) is 3.84. The molecule has 2 aromatic rings. The Hall–Kier alpha value is -3.23. The van der Waals surface area contributed by atoms with Gasteiger partial charge in [-0.2, -0.15) is 0 Å². The molecule has 9 heteroatoms. The van der Waals surface area contributed by atoms with Crippen molar-refractivity contribution >= 4 is 56.7 Å². The number of amidine groups is 2. The summed E-state index contributed by atoms with van der Waals surface area (Å²) in [6.45, 7) is 3.68. The summed E-state index contributed by atoms with van der Waals surface area (Å²) < 4.78 is 0.615. The topological polar surface area (TPSA) is 120 Å². The SMILES string of the molecule is C=C(Br)/C=C\C(=NC)NC(=O)c1cc(Cl)ccc1NC(=O)c1ccc(C(=N)N)cc1. The van der Waals surface area contributed by atoms with E-state index in [1.807, 2.05) is 0 Å². The van der Waals surface area contributed by atoms with Crippen LogP contribution in [0.25, 0.3) is 0 Å². The van der Waals surface area contributed by atoms with Crippen LogP contribution in [0.1, 0.15) is 26.3 Å². The molecule has 0 fully saturated rings. The molecule has 0 saturated carbocycles. The van der Waals surface area contributed by atoms with Crippen LogP contribution in [-0.2, 0) is 0 Å². The molecule has 154 valence electrons. The van der Waals surface area contributed by atoms with E-state index >= 15 is 0 Å². The largest absolute Gasteiger partial charge is 0.384 e. The summed E-state index contributed by atoms with van der Waals surface area (Å²) in [6.07, 6.45) is 3.21. The Kier molecular flexibility index (Phi) is 8.08. The van der Waals surface area contributed by atoms with Crippen LogP contribution in [0, 0.1) is 5.41 Å². The van der Waals surface area contributed by atoms with Crippen molar-refractivity contribution in [2.75, 3.05) is 12.4 Å². The van der Waals surface area contributed by atoms with Crippen molar-refractivity contribution in [3.8, 4) is 0 Å². The number of rotatable bonds is 6. The molecule has 2 rings (SSSR count). The third-order valence-corrected chi connectivity index (χ3v) is 4.34. The fourth-order valence-electron chi connectivity index (χ4n) is 2.33. The fourth-order valence-corrected chi connectivity index (χ4v) is 2.64. The van der Waals surface area contributed by atoms with Crippen molar-refractivity contribution in [1.29, 1.82) is 5.41 Å². The van der Waals surface area contributed by atoms with Crippen molar-refractivity contribution in [1.82, 2.24) is 5.32 Å². The highest BCUT2D eigenvalue weighted by atomic mass is 79.9. The third kappa shape index (κ3) is 6.40. The maximum Gasteiger partial charge on any atom is 0.258 e. The number of nitrogens with zero attached hydrogens (tertiary/aromatic N) is 1. The first-order chi connectivity index (χ1) is 14.2. The molecule has 0 radical (unpaired) electrons. The minimum absolute atomic E-state index is 0.0930. The van der Waals surface area contributed by atoms with Crippen molar-refractivity contribution in [3.63, 3.8) is 0 Å². The average Bonchev–Trinajstić information content (AvgIpc) is 2.72. The van der Waals surface area contributed by atoms with Gasteiger partial charge in [-0.15, -0.1) is 0 Å². The summed E-state index contributed by atoms with van der Waals surface area (Å²) in [7, 11) is 1.53. The fraction of sp³-hybridized carbons (Fsp3) is 0.0476. The predicted molar refractivity (Wildman–Crippen MR) is 125 cm³/mol. The highest BCUT2D eigenvalue weighted by Gasteiger charge is 2.16. The van der Waals surface area contributed by atoms with E-state index < -0.39 is 11.8 Å². The van der Waals surface area contributed by atoms with Gasteiger partial charge in [0.25, 0.3) is 11.8 Å². The van der Waals surface area contributed by atoms with Crippen LogP contribution in [0.3, 0.4) is 0 Å². The molecule has 0 bridgehead atoms. The zero-order chi connectivity index (χ0) is 22.3. The maximum atomic E-state index is 12.8. The van der Waals surface area contributed by atoms with E-state index in [0.29, 0.717) is 26.5 Å². The number of aliphatic imine (C=N–C) groups is 1. The van der Waals surface area contributed by atoms with Gasteiger partial charge >= 0.3 is 0 Å². The van der Waals surface area contributed by atoms with Gasteiger partial charge in [0.2, 0.25) is 0 Å². The van der Waals surface area contributed by atoms with E-state index in [2.05, 4.69) is 38.1 Å². The second-order valence-electron chi connectivity index (χ2n) is 5.98. The van der Waals surface area contributed by atoms with Crippen LogP contribution >= 0.6 is 27.5 Å². The Morgan fingerprint density at radius 3 is 2.33 bits per heavy atom. The summed E-state index contributed by atoms with van der Waals surface area (Å²) in [5.41, 5.74) is 6.72. The number of carbonyl (C=O) groups excluding carboxylic acids is 2. The van der Waals surface area contributed by atoms with Crippen LogP contribution in [0.5, 0.6) is 0 Å². The van der Waals surface area contributed by atoms with Gasteiger partial charge < -0.3 is 16.4 Å². The van der Waals surface area contributed by atoms with E-state index in [0.717, 1.165) is 0 Å².